The summed E-state index contributed by atoms with van der Waals surface area (Å²) in [5, 5.41) is 31.8. The molecule has 4 saturated heterocycles. The minimum atomic E-state index is -1.83. The van der Waals surface area contributed by atoms with Gasteiger partial charge >= 0.3 is 24.1 Å². The van der Waals surface area contributed by atoms with Crippen LogP contribution in [0.1, 0.15) is 121 Å². The van der Waals surface area contributed by atoms with Crippen molar-refractivity contribution in [2.45, 2.75) is 220 Å². The molecule has 3 aromatic heterocycles. The Kier molecular flexibility index (Phi) is 37.4. The van der Waals surface area contributed by atoms with E-state index in [-0.39, 0.29) is 67.8 Å². The van der Waals surface area contributed by atoms with Crippen LogP contribution < -0.4 is 29.9 Å². The number of epoxide rings is 2. The zero-order valence-corrected chi connectivity index (χ0v) is 77.1. The number of hydrogen-bond acceptors (Lipinski definition) is 28. The summed E-state index contributed by atoms with van der Waals surface area (Å²) < 4.78 is 64.1. The standard InChI is InChI=1S/C40H51ClN4O10S2.C35H48ClN3O10S.C10H8N2S2.2CH4/c1-23-12-11-13-30(52-8)40(50)22-29(53-38(49)43-40)24(2)36-39(4,55-36)31(21-34(47)45(6)27-19-26(18-23)20-28(51-7)35(27)41)54-37(48)25(3)44(5)33(46)15-17-56-57-32-14-9-10-16-42-32;1-19-10-9-11-26(46-8)35(44)18-25(47-33(43)37-35)20(2)31-34(4,49-31)27(48-32(42)21(3)38(5)28(40)12-13-50)17-29(41)39(6)23-15-22(14-19)16-24(45-7)30(23)36;1-3-7-11-9(5-1)13-14-10-6-2-4-8-12-10;;/h9-14,16,19-20,24-25,29-31,36,50H,15,17-18,21-22H2,1-8H3,(H,43,49);9-11,15-16,20-21,25-27,31,44,50H,12-14,17-18H2,1-8H3,(H,37,43);1-8H;2*1H4/b13-11+,23-12+;11-9+,19-10+;;;/t24-,25+,29+,30-,31+,36+,39+,40+;20-,21+,25+,26-,27+,31+,34+,35+;;;/m11.../s1/i;;;1D;. The number of nitrogens with one attached hydrogen (secondary N) is 2. The van der Waals surface area contributed by atoms with Crippen LogP contribution in [0, 0.1) is 11.8 Å². The van der Waals surface area contributed by atoms with Gasteiger partial charge in [0, 0.05) is 106 Å². The number of halogens is 2. The van der Waals surface area contributed by atoms with Gasteiger partial charge in [0.1, 0.15) is 96.5 Å². The van der Waals surface area contributed by atoms with Gasteiger partial charge < -0.3 is 77.2 Å². The molecule has 6 aliphatic rings. The second-order valence-corrected chi connectivity index (χ2v) is 36.4. The molecule has 4 N–H and O–H groups in total. The van der Waals surface area contributed by atoms with E-state index in [0.717, 1.165) is 37.4 Å². The third-order valence-electron chi connectivity index (χ3n) is 22.0. The number of thiol groups is 1. The van der Waals surface area contributed by atoms with Crippen LogP contribution in [0.3, 0.4) is 0 Å². The molecule has 29 nitrogen and oxygen atoms in total. The van der Waals surface area contributed by atoms with E-state index in [2.05, 4.69) is 38.2 Å². The number of rotatable bonds is 20. The smallest absolute Gasteiger partial charge is 0.409 e. The highest BCUT2D eigenvalue weighted by molar-refractivity contribution is 8.77. The SMILES string of the molecule is C.COc1cc2cc(c1Cl)N(C)C(=O)C[C@H](OC(=O)[C@H](C)N(C)C(=O)CCS)[C@]1(C)O[C@H]1[C@H](C)[C@@H]1C[C@@](O)(NC(=O)O1)[C@H](OC)/C=C/C=C(\C)C2.COc1cc2cc(c1Cl)N(C)C(=O)C[C@H](OC(=O)[C@H](C)N(C)C(=O)CCSSc1ccccn1)[C@]1(C)O[C@H]1[C@H](C)[C@@H]1C[C@@](O)(NC(=O)O1)[C@H](OC)/C=C/C=C(\C)C2.[2H]C.c1ccc(SSc2ccccn2)nc1. The number of alkyl carbamates (subject to hydrolysis) is 2. The number of benzene rings is 2. The third-order valence-corrected chi connectivity index (χ3v) is 27.5. The predicted octanol–water partition coefficient (Wildman–Crippen LogP) is 14.1. The predicted molar refractivity (Wildman–Crippen MR) is 481 cm³/mol. The van der Waals surface area contributed by atoms with Gasteiger partial charge in [0.2, 0.25) is 23.6 Å². The third kappa shape index (κ3) is 26.3. The van der Waals surface area contributed by atoms with Crippen LogP contribution in [0.5, 0.6) is 11.5 Å². The lowest BCUT2D eigenvalue weighted by molar-refractivity contribution is -0.162. The molecule has 0 aliphatic carbocycles. The van der Waals surface area contributed by atoms with Crippen molar-refractivity contribution in [3.05, 3.63) is 166 Å². The minimum Gasteiger partial charge on any atom is -0.495 e. The van der Waals surface area contributed by atoms with E-state index in [1.807, 2.05) is 80.6 Å². The first-order valence-electron chi connectivity index (χ1n) is 40.1. The second kappa shape index (κ2) is 45.9. The molecule has 16 atom stereocenters. The molecule has 11 rings (SSSR count). The molecule has 36 heteroatoms. The molecule has 0 unspecified atom stereocenters. The molecule has 6 aliphatic heterocycles. The highest BCUT2D eigenvalue weighted by Crippen LogP contribution is 2.52. The molecule has 9 heterocycles. The first-order valence-corrected chi connectivity index (χ1v) is 45.0. The van der Waals surface area contributed by atoms with Crippen LogP contribution in [0.25, 0.3) is 0 Å². The number of hydrogen-bond donors (Lipinski definition) is 5. The Balaban J connectivity index is 0.000000288. The summed E-state index contributed by atoms with van der Waals surface area (Å²) in [5.74, 6) is -2.41. The van der Waals surface area contributed by atoms with Gasteiger partial charge in [-0.1, -0.05) is 128 Å². The van der Waals surface area contributed by atoms with Crippen molar-refractivity contribution in [2.24, 2.45) is 11.8 Å². The number of fused-ring (bicyclic) bond motifs is 10. The molecule has 123 heavy (non-hydrogen) atoms. The number of pyridine rings is 3. The molecule has 0 radical (unpaired) electrons. The van der Waals surface area contributed by atoms with Crippen molar-refractivity contribution in [2.75, 3.05) is 77.9 Å². The average molecular weight is 1840 g/mol. The van der Waals surface area contributed by atoms with Gasteiger partial charge in [0.25, 0.3) is 0 Å². The number of aliphatic hydroxyl groups is 2. The Morgan fingerprint density at radius 3 is 1.35 bits per heavy atom. The maximum absolute atomic E-state index is 14.2. The fraction of sp³-hybridized carbons (Fsp3) is 0.506. The number of amides is 6. The Bertz CT molecular complexity index is 4580. The van der Waals surface area contributed by atoms with Gasteiger partial charge in [-0.2, -0.15) is 12.6 Å². The lowest BCUT2D eigenvalue weighted by Crippen LogP contribution is -2.63. The fourth-order valence-electron chi connectivity index (χ4n) is 14.4. The number of anilines is 2. The Labute approximate surface area is 753 Å². The van der Waals surface area contributed by atoms with Crippen molar-refractivity contribution < 1.29 is 97.3 Å². The van der Waals surface area contributed by atoms with Crippen molar-refractivity contribution in [3.8, 4) is 11.5 Å². The Morgan fingerprint density at radius 2 is 1.00 bits per heavy atom. The molecule has 6 amide bonds. The number of methoxy groups -OCH3 is 4. The minimum absolute atomic E-state index is 0. The molecule has 0 spiro atoms. The van der Waals surface area contributed by atoms with E-state index in [4.69, 9.17) is 71.9 Å². The normalized spacial score (nSPS) is 28.1. The van der Waals surface area contributed by atoms with Crippen LogP contribution >= 0.6 is 79.0 Å². The molecule has 4 fully saturated rings. The summed E-state index contributed by atoms with van der Waals surface area (Å²) in [5.41, 5.74) is -1.84. The maximum Gasteiger partial charge on any atom is 0.409 e. The van der Waals surface area contributed by atoms with Crippen molar-refractivity contribution in [3.63, 3.8) is 0 Å². The van der Waals surface area contributed by atoms with Crippen molar-refractivity contribution in [1.29, 1.82) is 0 Å². The first kappa shape index (κ1) is 100. The quantitative estimate of drug-likeness (QED) is 0.0121. The highest BCUT2D eigenvalue weighted by Gasteiger charge is 2.66. The van der Waals surface area contributed by atoms with Crippen LogP contribution in [0.4, 0.5) is 21.0 Å². The number of aromatic nitrogens is 3. The summed E-state index contributed by atoms with van der Waals surface area (Å²) in [6, 6.07) is 22.5. The van der Waals surface area contributed by atoms with Crippen molar-refractivity contribution >= 4 is 138 Å². The van der Waals surface area contributed by atoms with E-state index in [9.17, 15) is 48.6 Å². The summed E-state index contributed by atoms with van der Waals surface area (Å²) in [6.07, 6.45) is 7.43. The van der Waals surface area contributed by atoms with E-state index < -0.39 is 131 Å². The van der Waals surface area contributed by atoms with E-state index in [0.29, 0.717) is 47.2 Å². The van der Waals surface area contributed by atoms with E-state index in [1.165, 1.54) is 98.0 Å². The zero-order chi connectivity index (χ0) is 90.4. The van der Waals surface area contributed by atoms with Crippen molar-refractivity contribution in [1.82, 2.24) is 35.4 Å². The summed E-state index contributed by atoms with van der Waals surface area (Å²) in [4.78, 5) is 125. The van der Waals surface area contributed by atoms with Gasteiger partial charge in [0.15, 0.2) is 11.4 Å². The number of carbonyl (C=O) groups excluding carboxylic acids is 8. The number of carbonyl (C=O) groups is 8. The van der Waals surface area contributed by atoms with E-state index in [1.54, 1.807) is 137 Å². The second-order valence-electron chi connectivity index (χ2n) is 30.6. The van der Waals surface area contributed by atoms with Crippen LogP contribution in [-0.4, -0.2) is 234 Å². The zero-order valence-electron chi connectivity index (χ0n) is 72.4. The number of ether oxygens (including phenoxy) is 10. The van der Waals surface area contributed by atoms with Crippen LogP contribution in [0.15, 0.2) is 160 Å². The van der Waals surface area contributed by atoms with Gasteiger partial charge in [-0.3, -0.25) is 29.8 Å². The molecule has 2 aromatic carbocycles. The van der Waals surface area contributed by atoms with Crippen LogP contribution in [-0.2, 0) is 79.5 Å². The first-order chi connectivity index (χ1) is 58.4. The molecular weight excluding hydrogens is 1720 g/mol. The molecule has 0 saturated carbocycles. The topological polar surface area (TPSA) is 352 Å². The summed E-state index contributed by atoms with van der Waals surface area (Å²) in [7, 11) is 19.4. The largest absolute Gasteiger partial charge is 0.495 e. The molecular formula is C87H115Cl2N9O20S5. The summed E-state index contributed by atoms with van der Waals surface area (Å²) >= 11 is 17.6. The van der Waals surface area contributed by atoms with Gasteiger partial charge in [-0.25, -0.2) is 34.1 Å². The lowest BCUT2D eigenvalue weighted by Gasteiger charge is -2.42. The number of allylic oxidation sites excluding steroid dienone is 6. The number of likely N-dealkylation sites (N-methyl/N-ethyl adjacent to an activating group) is 2. The average Bonchev–Trinajstić information content (AvgIpc) is 1.58. The highest BCUT2D eigenvalue weighted by atomic mass is 35.5. The van der Waals surface area contributed by atoms with Gasteiger partial charge in [-0.05, 0) is 164 Å². The maximum atomic E-state index is 14.2. The van der Waals surface area contributed by atoms with E-state index >= 15 is 0 Å². The Morgan fingerprint density at radius 1 is 0.626 bits per heavy atom. The van der Waals surface area contributed by atoms with Gasteiger partial charge in [0.05, 0.1) is 50.6 Å². The molecule has 8 bridgehead atoms. The van der Waals surface area contributed by atoms with Gasteiger partial charge in [-0.15, -0.1) is 0 Å². The summed E-state index contributed by atoms with van der Waals surface area (Å²) in [6.45, 7) is 14.0. The molecule has 5 aromatic rings. The number of esters is 2. The number of nitrogens with zero attached hydrogens (tertiary/aromatic N) is 7. The van der Waals surface area contributed by atoms with Crippen LogP contribution in [0.2, 0.25) is 10.0 Å². The fourth-order valence-corrected chi connectivity index (χ4v) is 18.8. The Hall–Kier alpha value is -8.10. The lowest BCUT2D eigenvalue weighted by atomic mass is 9.83. The molecule has 672 valence electrons. The monoisotopic (exact) mass is 1840 g/mol.